The molecule has 0 aliphatic carbocycles. The molecule has 0 bridgehead atoms. The molecule has 0 unspecified atom stereocenters. The quantitative estimate of drug-likeness (QED) is 0.625. The third kappa shape index (κ3) is 2.91. The van der Waals surface area contributed by atoms with Gasteiger partial charge in [0.1, 0.15) is 5.78 Å². The molecule has 3 heteroatoms. The van der Waals surface area contributed by atoms with E-state index in [0.717, 1.165) is 26.3 Å². The fourth-order valence-electron chi connectivity index (χ4n) is 1.39. The number of carbonyl (C=O) groups is 1. The summed E-state index contributed by atoms with van der Waals surface area (Å²) >= 11 is 0. The van der Waals surface area contributed by atoms with Gasteiger partial charge in [-0.1, -0.05) is 0 Å². The van der Waals surface area contributed by atoms with Gasteiger partial charge in [-0.25, -0.2) is 0 Å². The van der Waals surface area contributed by atoms with E-state index in [9.17, 15) is 4.79 Å². The van der Waals surface area contributed by atoms with Crippen LogP contribution < -0.4 is 0 Å². The highest BCUT2D eigenvalue weighted by Gasteiger charge is 2.18. The molecule has 70 valence electrons. The maximum atomic E-state index is 10.7. The van der Waals surface area contributed by atoms with E-state index in [0.29, 0.717) is 12.5 Å². The van der Waals surface area contributed by atoms with Crippen molar-refractivity contribution in [3.63, 3.8) is 0 Å². The molecule has 1 fully saturated rings. The van der Waals surface area contributed by atoms with Crippen molar-refractivity contribution in [2.75, 3.05) is 26.3 Å². The van der Waals surface area contributed by atoms with E-state index >= 15 is 0 Å². The van der Waals surface area contributed by atoms with Crippen molar-refractivity contribution in [2.45, 2.75) is 26.3 Å². The second-order valence-corrected chi connectivity index (χ2v) is 3.41. The lowest BCUT2D eigenvalue weighted by Crippen LogP contribution is -2.44. The highest BCUT2D eigenvalue weighted by atomic mass is 16.5. The number of ether oxygens (including phenoxy) is 1. The normalized spacial score (nSPS) is 25.7. The Morgan fingerprint density at radius 1 is 1.67 bits per heavy atom. The molecule has 1 heterocycles. The molecule has 0 spiro atoms. The first-order valence-electron chi connectivity index (χ1n) is 4.51. The summed E-state index contributed by atoms with van der Waals surface area (Å²) in [6.45, 7) is 7.25. The van der Waals surface area contributed by atoms with Crippen LogP contribution in [-0.4, -0.2) is 43.0 Å². The molecule has 1 saturated heterocycles. The topological polar surface area (TPSA) is 29.5 Å². The molecular weight excluding hydrogens is 154 g/mol. The van der Waals surface area contributed by atoms with Gasteiger partial charge in [0.05, 0.1) is 13.2 Å². The largest absolute Gasteiger partial charge is 0.379 e. The maximum Gasteiger partial charge on any atom is 0.131 e. The predicted molar refractivity (Wildman–Crippen MR) is 47.2 cm³/mol. The van der Waals surface area contributed by atoms with Crippen LogP contribution in [0, 0.1) is 0 Å². The predicted octanol–water partition coefficient (Wildman–Crippen LogP) is 0.686. The molecule has 1 rings (SSSR count). The van der Waals surface area contributed by atoms with Gasteiger partial charge in [-0.2, -0.15) is 0 Å². The lowest BCUT2D eigenvalue weighted by Gasteiger charge is -2.32. The number of carbonyl (C=O) groups excluding carboxylic acids is 1. The van der Waals surface area contributed by atoms with Gasteiger partial charge in [-0.15, -0.1) is 0 Å². The molecule has 12 heavy (non-hydrogen) atoms. The summed E-state index contributed by atoms with van der Waals surface area (Å²) < 4.78 is 5.29. The third-order valence-corrected chi connectivity index (χ3v) is 2.26. The van der Waals surface area contributed by atoms with Crippen molar-refractivity contribution in [3.05, 3.63) is 0 Å². The van der Waals surface area contributed by atoms with E-state index in [1.165, 1.54) is 0 Å². The van der Waals surface area contributed by atoms with Crippen LogP contribution in [0.15, 0.2) is 0 Å². The number of rotatable bonds is 3. The van der Waals surface area contributed by atoms with Gasteiger partial charge >= 0.3 is 0 Å². The van der Waals surface area contributed by atoms with Crippen molar-refractivity contribution in [1.29, 1.82) is 0 Å². The summed E-state index contributed by atoms with van der Waals surface area (Å²) in [6, 6.07) is 0.470. The van der Waals surface area contributed by atoms with E-state index in [4.69, 9.17) is 4.74 Å². The summed E-state index contributed by atoms with van der Waals surface area (Å²) in [7, 11) is 0. The minimum Gasteiger partial charge on any atom is -0.379 e. The summed E-state index contributed by atoms with van der Waals surface area (Å²) in [6.07, 6.45) is 0.671. The van der Waals surface area contributed by atoms with Gasteiger partial charge in [0, 0.05) is 25.6 Å². The monoisotopic (exact) mass is 171 g/mol. The molecule has 0 aromatic carbocycles. The Balaban J connectivity index is 2.24. The minimum atomic E-state index is 0.272. The zero-order valence-corrected chi connectivity index (χ0v) is 7.88. The number of Topliss-reactive ketones (excluding diaryl/α,β-unsaturated/α-hetero) is 1. The Morgan fingerprint density at radius 2 is 2.42 bits per heavy atom. The first kappa shape index (κ1) is 9.68. The van der Waals surface area contributed by atoms with Crippen LogP contribution in [0.1, 0.15) is 20.3 Å². The summed E-state index contributed by atoms with van der Waals surface area (Å²) in [5.41, 5.74) is 0. The molecule has 0 aromatic rings. The molecule has 0 aromatic heterocycles. The van der Waals surface area contributed by atoms with Gasteiger partial charge in [0.2, 0.25) is 0 Å². The number of morpholine rings is 1. The molecule has 0 radical (unpaired) electrons. The Kier molecular flexibility index (Phi) is 3.69. The molecule has 0 saturated carbocycles. The van der Waals surface area contributed by atoms with Gasteiger partial charge in [0.15, 0.2) is 0 Å². The van der Waals surface area contributed by atoms with Crippen molar-refractivity contribution >= 4 is 5.78 Å². The van der Waals surface area contributed by atoms with Crippen LogP contribution in [0.4, 0.5) is 0 Å². The van der Waals surface area contributed by atoms with Crippen LogP contribution in [0.3, 0.4) is 0 Å². The van der Waals surface area contributed by atoms with E-state index < -0.39 is 0 Å². The second-order valence-electron chi connectivity index (χ2n) is 3.41. The summed E-state index contributed by atoms with van der Waals surface area (Å²) in [5, 5.41) is 0. The van der Waals surface area contributed by atoms with E-state index in [1.54, 1.807) is 6.92 Å². The zero-order chi connectivity index (χ0) is 8.97. The molecule has 0 N–H and O–H groups in total. The highest BCUT2D eigenvalue weighted by molar-refractivity contribution is 5.75. The van der Waals surface area contributed by atoms with E-state index in [2.05, 4.69) is 11.8 Å². The lowest BCUT2D eigenvalue weighted by molar-refractivity contribution is -0.117. The van der Waals surface area contributed by atoms with Crippen molar-refractivity contribution in [1.82, 2.24) is 4.90 Å². The molecule has 3 nitrogen and oxygen atoms in total. The fraction of sp³-hybridized carbons (Fsp3) is 0.889. The first-order valence-corrected chi connectivity index (χ1v) is 4.51. The number of hydrogen-bond acceptors (Lipinski definition) is 3. The summed E-state index contributed by atoms with van der Waals surface area (Å²) in [5.74, 6) is 0.272. The molecular formula is C9H17NO2. The summed E-state index contributed by atoms with van der Waals surface area (Å²) in [4.78, 5) is 13.0. The van der Waals surface area contributed by atoms with Gasteiger partial charge in [-0.3, -0.25) is 9.69 Å². The average Bonchev–Trinajstić information content (AvgIpc) is 2.03. The number of hydrogen-bond donors (Lipinski definition) is 0. The maximum absolute atomic E-state index is 10.7. The van der Waals surface area contributed by atoms with Crippen LogP contribution in [0.5, 0.6) is 0 Å². The standard InChI is InChI=1S/C9H17NO2/c1-8-7-12-6-5-10(8)4-3-9(2)11/h8H,3-7H2,1-2H3/t8-/m1/s1. The molecule has 1 aliphatic heterocycles. The average molecular weight is 171 g/mol. The second kappa shape index (κ2) is 4.58. The smallest absolute Gasteiger partial charge is 0.131 e. The molecule has 0 amide bonds. The Hall–Kier alpha value is -0.410. The Bertz CT molecular complexity index is 159. The number of nitrogens with zero attached hydrogens (tertiary/aromatic N) is 1. The van der Waals surface area contributed by atoms with Crippen LogP contribution in [-0.2, 0) is 9.53 Å². The lowest BCUT2D eigenvalue weighted by atomic mass is 10.2. The van der Waals surface area contributed by atoms with Crippen LogP contribution in [0.2, 0.25) is 0 Å². The van der Waals surface area contributed by atoms with E-state index in [1.807, 2.05) is 0 Å². The Morgan fingerprint density at radius 3 is 3.00 bits per heavy atom. The SMILES string of the molecule is CC(=O)CCN1CCOC[C@H]1C. The molecule has 1 atom stereocenters. The van der Waals surface area contributed by atoms with Crippen molar-refractivity contribution in [3.8, 4) is 0 Å². The van der Waals surface area contributed by atoms with Crippen LogP contribution in [0.25, 0.3) is 0 Å². The van der Waals surface area contributed by atoms with Gasteiger partial charge < -0.3 is 4.74 Å². The highest BCUT2D eigenvalue weighted by Crippen LogP contribution is 2.06. The van der Waals surface area contributed by atoms with Gasteiger partial charge in [-0.05, 0) is 13.8 Å². The fourth-order valence-corrected chi connectivity index (χ4v) is 1.39. The Labute approximate surface area is 73.7 Å². The van der Waals surface area contributed by atoms with Crippen molar-refractivity contribution in [2.24, 2.45) is 0 Å². The minimum absolute atomic E-state index is 0.272. The van der Waals surface area contributed by atoms with E-state index in [-0.39, 0.29) is 5.78 Å². The van der Waals surface area contributed by atoms with Gasteiger partial charge in [0.25, 0.3) is 0 Å². The zero-order valence-electron chi connectivity index (χ0n) is 7.88. The molecule has 1 aliphatic rings. The third-order valence-electron chi connectivity index (χ3n) is 2.26. The van der Waals surface area contributed by atoms with Crippen LogP contribution >= 0.6 is 0 Å². The van der Waals surface area contributed by atoms with Crippen molar-refractivity contribution < 1.29 is 9.53 Å². The first-order chi connectivity index (χ1) is 5.70. The number of ketones is 1.